The van der Waals surface area contributed by atoms with E-state index in [0.717, 1.165) is 37.7 Å². The average Bonchev–Trinajstić information content (AvgIpc) is 3.07. The molecular weight excluding hydrogens is 388 g/mol. The Kier molecular flexibility index (Phi) is 7.59. The van der Waals surface area contributed by atoms with Crippen LogP contribution in [0.3, 0.4) is 0 Å². The molecular formula is C24H36N6O. The zero-order chi connectivity index (χ0) is 21.5. The van der Waals surface area contributed by atoms with Crippen LogP contribution < -0.4 is 5.32 Å². The summed E-state index contributed by atoms with van der Waals surface area (Å²) in [5.74, 6) is 0.932. The topological polar surface area (TPSA) is 57.9 Å². The monoisotopic (exact) mass is 424 g/mol. The minimum atomic E-state index is 0.0244. The molecule has 2 aliphatic rings. The molecule has 0 spiro atoms. The van der Waals surface area contributed by atoms with Crippen molar-refractivity contribution in [2.75, 3.05) is 39.8 Å². The standard InChI is InChI=1S/C24H36N6O/c1-25-24(30-13-14-31-23(19-30)22-16-27-28(2)17-22)26-15-20-9-5-6-10-21(20)18-29-11-7-3-4-8-12-29/h5-6,9-10,16-17,23H,3-4,7-8,11-15,18-19H2,1-2H3,(H,25,26). The SMILES string of the molecule is CN=C(NCc1ccccc1CN1CCCCCC1)N1CCOC(c2cnn(C)c2)C1. The summed E-state index contributed by atoms with van der Waals surface area (Å²) in [5.41, 5.74) is 3.89. The number of morpholine rings is 1. The van der Waals surface area contributed by atoms with E-state index in [2.05, 4.69) is 49.5 Å². The van der Waals surface area contributed by atoms with E-state index in [-0.39, 0.29) is 6.10 Å². The van der Waals surface area contributed by atoms with E-state index in [1.807, 2.05) is 31.2 Å². The third-order valence-electron chi connectivity index (χ3n) is 6.32. The summed E-state index contributed by atoms with van der Waals surface area (Å²) < 4.78 is 7.82. The Morgan fingerprint density at radius 2 is 1.90 bits per heavy atom. The average molecular weight is 425 g/mol. The highest BCUT2D eigenvalue weighted by Crippen LogP contribution is 2.22. The summed E-state index contributed by atoms with van der Waals surface area (Å²) in [6, 6.07) is 8.81. The van der Waals surface area contributed by atoms with Crippen LogP contribution in [0.5, 0.6) is 0 Å². The van der Waals surface area contributed by atoms with Crippen molar-refractivity contribution in [3.8, 4) is 0 Å². The highest BCUT2D eigenvalue weighted by molar-refractivity contribution is 5.80. The Bertz CT molecular complexity index is 855. The van der Waals surface area contributed by atoms with Crippen LogP contribution in [0.1, 0.15) is 48.5 Å². The van der Waals surface area contributed by atoms with Crippen LogP contribution >= 0.6 is 0 Å². The maximum atomic E-state index is 6.00. The Labute approximate surface area is 186 Å². The van der Waals surface area contributed by atoms with Crippen molar-refractivity contribution in [1.29, 1.82) is 0 Å². The molecule has 1 unspecified atom stereocenters. The first-order chi connectivity index (χ1) is 15.2. The van der Waals surface area contributed by atoms with Gasteiger partial charge in [-0.1, -0.05) is 37.1 Å². The van der Waals surface area contributed by atoms with Gasteiger partial charge >= 0.3 is 0 Å². The molecule has 0 amide bonds. The highest BCUT2D eigenvalue weighted by Gasteiger charge is 2.25. The lowest BCUT2D eigenvalue weighted by Crippen LogP contribution is -2.48. The minimum absolute atomic E-state index is 0.0244. The molecule has 2 saturated heterocycles. The van der Waals surface area contributed by atoms with Gasteiger partial charge in [0.1, 0.15) is 6.10 Å². The van der Waals surface area contributed by atoms with E-state index < -0.39 is 0 Å². The summed E-state index contributed by atoms with van der Waals surface area (Å²) in [6.45, 7) is 6.56. The first-order valence-electron chi connectivity index (χ1n) is 11.6. The van der Waals surface area contributed by atoms with Gasteiger partial charge in [0, 0.05) is 45.5 Å². The van der Waals surface area contributed by atoms with Crippen molar-refractivity contribution >= 4 is 5.96 Å². The lowest BCUT2D eigenvalue weighted by molar-refractivity contribution is -0.00805. The van der Waals surface area contributed by atoms with Crippen molar-refractivity contribution in [1.82, 2.24) is 24.9 Å². The molecule has 0 saturated carbocycles. The minimum Gasteiger partial charge on any atom is -0.370 e. The van der Waals surface area contributed by atoms with E-state index in [9.17, 15) is 0 Å². The fourth-order valence-corrected chi connectivity index (χ4v) is 4.58. The molecule has 4 rings (SSSR count). The van der Waals surface area contributed by atoms with Crippen LogP contribution in [-0.4, -0.2) is 65.4 Å². The Morgan fingerprint density at radius 3 is 2.61 bits per heavy atom. The fraction of sp³-hybridized carbons (Fsp3) is 0.583. The molecule has 2 aromatic rings. The number of guanidine groups is 1. The molecule has 1 aromatic carbocycles. The Morgan fingerprint density at radius 1 is 1.13 bits per heavy atom. The highest BCUT2D eigenvalue weighted by atomic mass is 16.5. The summed E-state index contributed by atoms with van der Waals surface area (Å²) in [4.78, 5) is 9.46. The number of benzene rings is 1. The van der Waals surface area contributed by atoms with Crippen molar-refractivity contribution in [2.24, 2.45) is 12.0 Å². The Hall–Kier alpha value is -2.38. The van der Waals surface area contributed by atoms with E-state index in [4.69, 9.17) is 4.74 Å². The number of hydrogen-bond donors (Lipinski definition) is 1. The van der Waals surface area contributed by atoms with Crippen LogP contribution in [0.2, 0.25) is 0 Å². The van der Waals surface area contributed by atoms with E-state index >= 15 is 0 Å². The molecule has 1 N–H and O–H groups in total. The van der Waals surface area contributed by atoms with Gasteiger partial charge in [-0.2, -0.15) is 5.10 Å². The van der Waals surface area contributed by atoms with Crippen molar-refractivity contribution in [3.05, 3.63) is 53.3 Å². The van der Waals surface area contributed by atoms with Gasteiger partial charge in [-0.25, -0.2) is 0 Å². The zero-order valence-electron chi connectivity index (χ0n) is 19.0. The first kappa shape index (κ1) is 21.8. The summed E-state index contributed by atoms with van der Waals surface area (Å²) in [6.07, 6.45) is 9.33. The van der Waals surface area contributed by atoms with E-state index in [1.165, 1.54) is 49.9 Å². The number of nitrogens with one attached hydrogen (secondary N) is 1. The molecule has 168 valence electrons. The van der Waals surface area contributed by atoms with Gasteiger partial charge < -0.3 is 15.0 Å². The molecule has 0 radical (unpaired) electrons. The van der Waals surface area contributed by atoms with Crippen LogP contribution in [-0.2, 0) is 24.9 Å². The van der Waals surface area contributed by atoms with Crippen LogP contribution in [0.25, 0.3) is 0 Å². The predicted molar refractivity (Wildman–Crippen MR) is 124 cm³/mol. The molecule has 1 atom stereocenters. The zero-order valence-corrected chi connectivity index (χ0v) is 19.0. The van der Waals surface area contributed by atoms with Gasteiger partial charge in [0.15, 0.2) is 5.96 Å². The molecule has 0 aliphatic carbocycles. The second kappa shape index (κ2) is 10.8. The third-order valence-corrected chi connectivity index (χ3v) is 6.32. The molecule has 2 aliphatic heterocycles. The summed E-state index contributed by atoms with van der Waals surface area (Å²) >= 11 is 0. The third kappa shape index (κ3) is 5.86. The smallest absolute Gasteiger partial charge is 0.194 e. The normalized spacial score (nSPS) is 21.2. The number of aliphatic imine (C=N–C) groups is 1. The lowest BCUT2D eigenvalue weighted by Gasteiger charge is -2.35. The van der Waals surface area contributed by atoms with Gasteiger partial charge in [-0.15, -0.1) is 0 Å². The maximum absolute atomic E-state index is 6.00. The van der Waals surface area contributed by atoms with Crippen molar-refractivity contribution < 1.29 is 4.74 Å². The number of hydrogen-bond acceptors (Lipinski definition) is 4. The van der Waals surface area contributed by atoms with E-state index in [0.29, 0.717) is 6.61 Å². The van der Waals surface area contributed by atoms with Crippen LogP contribution in [0.15, 0.2) is 41.7 Å². The fourth-order valence-electron chi connectivity index (χ4n) is 4.58. The number of rotatable bonds is 5. The summed E-state index contributed by atoms with van der Waals surface area (Å²) in [7, 11) is 3.80. The van der Waals surface area contributed by atoms with Gasteiger partial charge in [0.2, 0.25) is 0 Å². The van der Waals surface area contributed by atoms with Gasteiger partial charge in [-0.05, 0) is 37.1 Å². The quantitative estimate of drug-likeness (QED) is 0.591. The lowest BCUT2D eigenvalue weighted by atomic mass is 10.1. The largest absolute Gasteiger partial charge is 0.370 e. The molecule has 3 heterocycles. The number of likely N-dealkylation sites (tertiary alicyclic amines) is 1. The van der Waals surface area contributed by atoms with Crippen molar-refractivity contribution in [2.45, 2.75) is 44.9 Å². The molecule has 0 bridgehead atoms. The number of aromatic nitrogens is 2. The number of nitrogens with zero attached hydrogens (tertiary/aromatic N) is 5. The Balaban J connectivity index is 1.37. The first-order valence-corrected chi connectivity index (χ1v) is 11.6. The number of aryl methyl sites for hydroxylation is 1. The molecule has 1 aromatic heterocycles. The second-order valence-electron chi connectivity index (χ2n) is 8.61. The molecule has 2 fully saturated rings. The summed E-state index contributed by atoms with van der Waals surface area (Å²) in [5, 5.41) is 7.89. The predicted octanol–water partition coefficient (Wildman–Crippen LogP) is 2.95. The van der Waals surface area contributed by atoms with Crippen LogP contribution in [0.4, 0.5) is 0 Å². The van der Waals surface area contributed by atoms with Crippen LogP contribution in [0, 0.1) is 0 Å². The number of ether oxygens (including phenoxy) is 1. The second-order valence-corrected chi connectivity index (χ2v) is 8.61. The van der Waals surface area contributed by atoms with Gasteiger partial charge in [-0.3, -0.25) is 14.6 Å². The van der Waals surface area contributed by atoms with Gasteiger partial charge in [0.05, 0.1) is 19.3 Å². The van der Waals surface area contributed by atoms with E-state index in [1.54, 1.807) is 0 Å². The maximum Gasteiger partial charge on any atom is 0.194 e. The molecule has 31 heavy (non-hydrogen) atoms. The van der Waals surface area contributed by atoms with Gasteiger partial charge in [0.25, 0.3) is 0 Å². The van der Waals surface area contributed by atoms with Crippen molar-refractivity contribution in [3.63, 3.8) is 0 Å². The molecule has 7 heteroatoms. The molecule has 7 nitrogen and oxygen atoms in total.